The van der Waals surface area contributed by atoms with E-state index < -0.39 is 0 Å². The molecular weight excluding hydrogens is 268 g/mol. The van der Waals surface area contributed by atoms with Crippen molar-refractivity contribution in [3.63, 3.8) is 0 Å². The van der Waals surface area contributed by atoms with Crippen molar-refractivity contribution in [3.8, 4) is 0 Å². The zero-order valence-corrected chi connectivity index (χ0v) is 12.3. The normalized spacial score (nSPS) is 17.6. The van der Waals surface area contributed by atoms with E-state index >= 15 is 0 Å². The monoisotopic (exact) mass is 286 g/mol. The van der Waals surface area contributed by atoms with Crippen molar-refractivity contribution in [1.82, 2.24) is 10.2 Å². The third-order valence-corrected chi connectivity index (χ3v) is 4.46. The molecule has 0 radical (unpaired) electrons. The van der Waals surface area contributed by atoms with Gasteiger partial charge in [-0.2, -0.15) is 11.3 Å². The third kappa shape index (κ3) is 2.62. The van der Waals surface area contributed by atoms with Crippen molar-refractivity contribution in [2.24, 2.45) is 0 Å². The number of thiophene rings is 1. The van der Waals surface area contributed by atoms with Crippen LogP contribution in [0.25, 0.3) is 0 Å². The molecule has 1 aliphatic rings. The van der Waals surface area contributed by atoms with Gasteiger partial charge < -0.3 is 10.2 Å². The molecule has 0 aliphatic carbocycles. The van der Waals surface area contributed by atoms with Gasteiger partial charge in [-0.05, 0) is 39.9 Å². The summed E-state index contributed by atoms with van der Waals surface area (Å²) in [6.07, 6.45) is 0.994. The molecule has 3 nitrogen and oxygen atoms in total. The van der Waals surface area contributed by atoms with E-state index in [1.807, 2.05) is 29.5 Å². The predicted molar refractivity (Wildman–Crippen MR) is 81.7 cm³/mol. The summed E-state index contributed by atoms with van der Waals surface area (Å²) in [5, 5.41) is 7.48. The number of hydrogen-bond donors (Lipinski definition) is 1. The zero-order chi connectivity index (χ0) is 13.9. The van der Waals surface area contributed by atoms with E-state index in [-0.39, 0.29) is 11.9 Å². The minimum absolute atomic E-state index is 0.142. The van der Waals surface area contributed by atoms with Gasteiger partial charge in [0.2, 0.25) is 5.91 Å². The van der Waals surface area contributed by atoms with E-state index in [9.17, 15) is 4.79 Å². The maximum absolute atomic E-state index is 12.7. The van der Waals surface area contributed by atoms with Crippen LogP contribution in [0.15, 0.2) is 41.1 Å². The van der Waals surface area contributed by atoms with Crippen LogP contribution in [0, 0.1) is 0 Å². The van der Waals surface area contributed by atoms with Gasteiger partial charge in [0.1, 0.15) is 6.04 Å². The first-order valence-corrected chi connectivity index (χ1v) is 7.77. The highest BCUT2D eigenvalue weighted by Gasteiger charge is 2.27. The maximum atomic E-state index is 12.7. The summed E-state index contributed by atoms with van der Waals surface area (Å²) in [7, 11) is 1.87. The van der Waals surface area contributed by atoms with Crippen molar-refractivity contribution in [3.05, 3.63) is 57.8 Å². The molecule has 2 aromatic rings. The largest absolute Gasteiger partial charge is 0.340 e. The summed E-state index contributed by atoms with van der Waals surface area (Å²) in [6, 6.07) is 10.1. The first kappa shape index (κ1) is 13.3. The van der Waals surface area contributed by atoms with Crippen LogP contribution in [-0.4, -0.2) is 24.4 Å². The number of carbonyl (C=O) groups is 1. The second kappa shape index (κ2) is 5.77. The molecule has 1 amide bonds. The molecular formula is C16H18N2OS. The predicted octanol–water partition coefficient (Wildman–Crippen LogP) is 2.59. The van der Waals surface area contributed by atoms with Crippen LogP contribution in [-0.2, 0) is 17.8 Å². The summed E-state index contributed by atoms with van der Waals surface area (Å²) in [6.45, 7) is 1.53. The summed E-state index contributed by atoms with van der Waals surface area (Å²) in [5.41, 5.74) is 3.60. The number of hydrogen-bond acceptors (Lipinski definition) is 3. The van der Waals surface area contributed by atoms with Crippen molar-refractivity contribution in [2.45, 2.75) is 19.0 Å². The Balaban J connectivity index is 1.77. The van der Waals surface area contributed by atoms with Crippen molar-refractivity contribution in [2.75, 3.05) is 13.6 Å². The number of fused-ring (bicyclic) bond motifs is 1. The quantitative estimate of drug-likeness (QED) is 0.940. The highest BCUT2D eigenvalue weighted by molar-refractivity contribution is 7.07. The number of nitrogens with one attached hydrogen (secondary N) is 1. The Kier molecular flexibility index (Phi) is 3.85. The minimum atomic E-state index is -0.205. The third-order valence-electron chi connectivity index (χ3n) is 3.73. The fourth-order valence-corrected chi connectivity index (χ4v) is 3.34. The Hall–Kier alpha value is -1.65. The number of carbonyl (C=O) groups excluding carboxylic acids is 1. The summed E-state index contributed by atoms with van der Waals surface area (Å²) in [5.74, 6) is 0.142. The standard InChI is InChI=1S/C16H18N2OS/c1-18(10-12-7-9-20-11-12)16(19)15-14-5-3-2-4-13(14)6-8-17-15/h2-5,7,9,11,15,17H,6,8,10H2,1H3. The van der Waals surface area contributed by atoms with E-state index in [2.05, 4.69) is 28.9 Å². The Morgan fingerprint density at radius 3 is 3.05 bits per heavy atom. The molecule has 0 bridgehead atoms. The van der Waals surface area contributed by atoms with Crippen molar-refractivity contribution in [1.29, 1.82) is 0 Å². The van der Waals surface area contributed by atoms with E-state index in [0.717, 1.165) is 18.5 Å². The summed E-state index contributed by atoms with van der Waals surface area (Å²) >= 11 is 1.66. The SMILES string of the molecule is CN(Cc1ccsc1)C(=O)C1NCCc2ccccc21. The number of amides is 1. The van der Waals surface area contributed by atoms with Gasteiger partial charge in [0.25, 0.3) is 0 Å². The van der Waals surface area contributed by atoms with Gasteiger partial charge in [-0.3, -0.25) is 4.79 Å². The van der Waals surface area contributed by atoms with Crippen molar-refractivity contribution >= 4 is 17.2 Å². The lowest BCUT2D eigenvalue weighted by Gasteiger charge is -2.29. The first-order valence-electron chi connectivity index (χ1n) is 6.83. The lowest BCUT2D eigenvalue weighted by Crippen LogP contribution is -2.41. The highest BCUT2D eigenvalue weighted by Crippen LogP contribution is 2.24. The van der Waals surface area contributed by atoms with Crippen LogP contribution in [0.3, 0.4) is 0 Å². The smallest absolute Gasteiger partial charge is 0.244 e. The average molecular weight is 286 g/mol. The fourth-order valence-electron chi connectivity index (χ4n) is 2.68. The number of rotatable bonds is 3. The molecule has 0 saturated carbocycles. The van der Waals surface area contributed by atoms with Crippen LogP contribution < -0.4 is 5.32 Å². The lowest BCUT2D eigenvalue weighted by molar-refractivity contribution is -0.133. The first-order chi connectivity index (χ1) is 9.75. The zero-order valence-electron chi connectivity index (χ0n) is 11.5. The Bertz CT molecular complexity index is 594. The molecule has 3 rings (SSSR count). The Morgan fingerprint density at radius 2 is 2.25 bits per heavy atom. The van der Waals surface area contributed by atoms with Crippen LogP contribution in [0.2, 0.25) is 0 Å². The average Bonchev–Trinajstić information content (AvgIpc) is 2.99. The molecule has 1 N–H and O–H groups in total. The van der Waals surface area contributed by atoms with E-state index in [4.69, 9.17) is 0 Å². The Labute approximate surface area is 123 Å². The van der Waals surface area contributed by atoms with Gasteiger partial charge in [-0.25, -0.2) is 0 Å². The van der Waals surface area contributed by atoms with Crippen LogP contribution in [0.4, 0.5) is 0 Å². The topological polar surface area (TPSA) is 32.3 Å². The van der Waals surface area contributed by atoms with E-state index in [0.29, 0.717) is 6.54 Å². The fraction of sp³-hybridized carbons (Fsp3) is 0.312. The van der Waals surface area contributed by atoms with Gasteiger partial charge in [-0.15, -0.1) is 0 Å². The van der Waals surface area contributed by atoms with Gasteiger partial charge in [-0.1, -0.05) is 24.3 Å². The molecule has 0 saturated heterocycles. The number of likely N-dealkylation sites (N-methyl/N-ethyl adjacent to an activating group) is 1. The van der Waals surface area contributed by atoms with Crippen LogP contribution in [0.1, 0.15) is 22.7 Å². The number of benzene rings is 1. The van der Waals surface area contributed by atoms with Gasteiger partial charge in [0, 0.05) is 20.1 Å². The van der Waals surface area contributed by atoms with Gasteiger partial charge in [0.05, 0.1) is 0 Å². The maximum Gasteiger partial charge on any atom is 0.244 e. The van der Waals surface area contributed by atoms with E-state index in [1.54, 1.807) is 11.3 Å². The van der Waals surface area contributed by atoms with Gasteiger partial charge >= 0.3 is 0 Å². The Morgan fingerprint density at radius 1 is 1.40 bits per heavy atom. The van der Waals surface area contributed by atoms with Gasteiger partial charge in [0.15, 0.2) is 0 Å². The second-order valence-electron chi connectivity index (χ2n) is 5.16. The molecule has 104 valence electrons. The van der Waals surface area contributed by atoms with E-state index in [1.165, 1.54) is 11.1 Å². The summed E-state index contributed by atoms with van der Waals surface area (Å²) < 4.78 is 0. The highest BCUT2D eigenvalue weighted by atomic mass is 32.1. The van der Waals surface area contributed by atoms with Crippen molar-refractivity contribution < 1.29 is 4.79 Å². The molecule has 1 unspecified atom stereocenters. The molecule has 4 heteroatoms. The second-order valence-corrected chi connectivity index (χ2v) is 5.94. The molecule has 0 spiro atoms. The number of nitrogens with zero attached hydrogens (tertiary/aromatic N) is 1. The van der Waals surface area contributed by atoms with Crippen LogP contribution in [0.5, 0.6) is 0 Å². The molecule has 0 fully saturated rings. The molecule has 1 aliphatic heterocycles. The molecule has 2 heterocycles. The lowest BCUT2D eigenvalue weighted by atomic mass is 9.93. The van der Waals surface area contributed by atoms with Crippen LogP contribution >= 0.6 is 11.3 Å². The molecule has 20 heavy (non-hydrogen) atoms. The molecule has 1 aromatic heterocycles. The molecule has 1 aromatic carbocycles. The minimum Gasteiger partial charge on any atom is -0.340 e. The molecule has 1 atom stereocenters. The summed E-state index contributed by atoms with van der Waals surface area (Å²) in [4.78, 5) is 14.5.